The van der Waals surface area contributed by atoms with Crippen molar-refractivity contribution in [3.8, 4) is 0 Å². The fourth-order valence-electron chi connectivity index (χ4n) is 1.07. The van der Waals surface area contributed by atoms with Gasteiger partial charge in [0.15, 0.2) is 0 Å². The minimum absolute atomic E-state index is 0.000402. The molecular formula is C12H21NO4. The van der Waals surface area contributed by atoms with Gasteiger partial charge in [-0.15, -0.1) is 0 Å². The van der Waals surface area contributed by atoms with Crippen molar-refractivity contribution in [2.24, 2.45) is 0 Å². The number of rotatable bonds is 8. The van der Waals surface area contributed by atoms with Crippen LogP contribution in [0.15, 0.2) is 12.2 Å². The molecule has 1 amide bonds. The highest BCUT2D eigenvalue weighted by Gasteiger charge is 2.18. The molecule has 0 aromatic rings. The Morgan fingerprint density at radius 1 is 1.47 bits per heavy atom. The van der Waals surface area contributed by atoms with E-state index < -0.39 is 17.9 Å². The number of nitrogens with one attached hydrogen (secondary N) is 1. The van der Waals surface area contributed by atoms with E-state index in [1.54, 1.807) is 19.1 Å². The van der Waals surface area contributed by atoms with Gasteiger partial charge in [-0.1, -0.05) is 19.1 Å². The van der Waals surface area contributed by atoms with Gasteiger partial charge in [-0.05, 0) is 26.7 Å². The molecule has 0 aliphatic heterocycles. The standard InChI is InChI=1S/C12H21NO4/c1-4-6-7-10(12(15)16)13-11(14)8-17-9(3)5-2/h4,6,9-10H,5,7-8H2,1-3H3,(H,13,14)(H,15,16)/b6-4+. The van der Waals surface area contributed by atoms with Crippen molar-refractivity contribution in [1.82, 2.24) is 5.32 Å². The van der Waals surface area contributed by atoms with Gasteiger partial charge in [0, 0.05) is 0 Å². The van der Waals surface area contributed by atoms with Crippen LogP contribution in [-0.4, -0.2) is 35.7 Å². The highest BCUT2D eigenvalue weighted by atomic mass is 16.5. The van der Waals surface area contributed by atoms with Crippen LogP contribution in [0.4, 0.5) is 0 Å². The summed E-state index contributed by atoms with van der Waals surface area (Å²) in [6, 6.07) is -0.890. The van der Waals surface area contributed by atoms with E-state index in [4.69, 9.17) is 9.84 Å². The predicted molar refractivity (Wildman–Crippen MR) is 64.7 cm³/mol. The van der Waals surface area contributed by atoms with Crippen molar-refractivity contribution >= 4 is 11.9 Å². The van der Waals surface area contributed by atoms with Crippen molar-refractivity contribution in [3.63, 3.8) is 0 Å². The molecule has 0 fully saturated rings. The summed E-state index contributed by atoms with van der Waals surface area (Å²) in [5, 5.41) is 11.3. The Kier molecular flexibility index (Phi) is 8.05. The van der Waals surface area contributed by atoms with Gasteiger partial charge in [-0.25, -0.2) is 4.79 Å². The molecule has 2 N–H and O–H groups in total. The van der Waals surface area contributed by atoms with Crippen molar-refractivity contribution in [2.45, 2.75) is 45.8 Å². The Balaban J connectivity index is 4.08. The summed E-state index contributed by atoms with van der Waals surface area (Å²) in [5.41, 5.74) is 0. The summed E-state index contributed by atoms with van der Waals surface area (Å²) < 4.78 is 5.22. The monoisotopic (exact) mass is 243 g/mol. The Labute approximate surface area is 102 Å². The van der Waals surface area contributed by atoms with Crippen LogP contribution >= 0.6 is 0 Å². The first-order chi connectivity index (χ1) is 8.01. The number of carbonyl (C=O) groups excluding carboxylic acids is 1. The third kappa shape index (κ3) is 7.52. The normalized spacial score (nSPS) is 14.5. The predicted octanol–water partition coefficient (Wildman–Crippen LogP) is 1.34. The summed E-state index contributed by atoms with van der Waals surface area (Å²) in [4.78, 5) is 22.3. The second-order valence-corrected chi connectivity index (χ2v) is 3.79. The zero-order chi connectivity index (χ0) is 13.3. The second-order valence-electron chi connectivity index (χ2n) is 3.79. The van der Waals surface area contributed by atoms with E-state index in [2.05, 4.69) is 5.32 Å². The van der Waals surface area contributed by atoms with Crippen LogP contribution in [0, 0.1) is 0 Å². The van der Waals surface area contributed by atoms with Crippen LogP contribution in [-0.2, 0) is 14.3 Å². The quantitative estimate of drug-likeness (QED) is 0.631. The van der Waals surface area contributed by atoms with Gasteiger partial charge in [0.1, 0.15) is 12.6 Å². The molecule has 0 heterocycles. The van der Waals surface area contributed by atoms with Gasteiger partial charge in [0.05, 0.1) is 6.10 Å². The van der Waals surface area contributed by atoms with E-state index in [1.165, 1.54) is 0 Å². The summed E-state index contributed by atoms with van der Waals surface area (Å²) in [5.74, 6) is -1.44. The lowest BCUT2D eigenvalue weighted by atomic mass is 10.2. The fraction of sp³-hybridized carbons (Fsp3) is 0.667. The zero-order valence-corrected chi connectivity index (χ0v) is 10.6. The number of amides is 1. The Hall–Kier alpha value is -1.36. The van der Waals surface area contributed by atoms with Gasteiger partial charge in [-0.2, -0.15) is 0 Å². The number of aliphatic carboxylic acids is 1. The molecule has 0 aromatic heterocycles. The first kappa shape index (κ1) is 15.6. The second kappa shape index (κ2) is 8.75. The number of allylic oxidation sites excluding steroid dienone is 1. The smallest absolute Gasteiger partial charge is 0.326 e. The molecule has 0 radical (unpaired) electrons. The van der Waals surface area contributed by atoms with Crippen molar-refractivity contribution in [1.29, 1.82) is 0 Å². The first-order valence-corrected chi connectivity index (χ1v) is 5.76. The third-order valence-electron chi connectivity index (χ3n) is 2.31. The maximum atomic E-state index is 11.4. The summed E-state index contributed by atoms with van der Waals surface area (Å²) >= 11 is 0. The molecule has 2 atom stereocenters. The number of ether oxygens (including phenoxy) is 1. The molecule has 17 heavy (non-hydrogen) atoms. The summed E-state index contributed by atoms with van der Waals surface area (Å²) in [6.07, 6.45) is 4.54. The third-order valence-corrected chi connectivity index (χ3v) is 2.31. The molecule has 0 saturated heterocycles. The van der Waals surface area contributed by atoms with Crippen LogP contribution in [0.2, 0.25) is 0 Å². The van der Waals surface area contributed by atoms with Gasteiger partial charge >= 0.3 is 5.97 Å². The molecule has 5 heteroatoms. The number of carbonyl (C=O) groups is 2. The summed E-state index contributed by atoms with van der Waals surface area (Å²) in [7, 11) is 0. The molecule has 0 saturated carbocycles. The van der Waals surface area contributed by atoms with E-state index in [0.29, 0.717) is 0 Å². The highest BCUT2D eigenvalue weighted by molar-refractivity contribution is 5.84. The zero-order valence-electron chi connectivity index (χ0n) is 10.6. The van der Waals surface area contributed by atoms with Gasteiger partial charge < -0.3 is 15.2 Å². The van der Waals surface area contributed by atoms with Crippen LogP contribution < -0.4 is 5.32 Å². The average molecular weight is 243 g/mol. The van der Waals surface area contributed by atoms with E-state index in [1.807, 2.05) is 13.8 Å². The number of carboxylic acids is 1. The Morgan fingerprint density at radius 3 is 2.59 bits per heavy atom. The summed E-state index contributed by atoms with van der Waals surface area (Å²) in [6.45, 7) is 5.51. The molecule has 0 aliphatic carbocycles. The molecule has 2 unspecified atom stereocenters. The van der Waals surface area contributed by atoms with Gasteiger partial charge in [0.25, 0.3) is 0 Å². The van der Waals surface area contributed by atoms with Crippen LogP contribution in [0.5, 0.6) is 0 Å². The lowest BCUT2D eigenvalue weighted by Gasteiger charge is -2.14. The number of hydrogen-bond donors (Lipinski definition) is 2. The average Bonchev–Trinajstić information content (AvgIpc) is 2.30. The number of carboxylic acid groups (broad SMARTS) is 1. The SMILES string of the molecule is C/C=C/CC(NC(=O)COC(C)CC)C(=O)O. The maximum absolute atomic E-state index is 11.4. The largest absolute Gasteiger partial charge is 0.480 e. The van der Waals surface area contributed by atoms with Crippen LogP contribution in [0.25, 0.3) is 0 Å². The molecule has 0 aliphatic rings. The van der Waals surface area contributed by atoms with Crippen LogP contribution in [0.1, 0.15) is 33.6 Å². The molecular weight excluding hydrogens is 222 g/mol. The molecule has 0 aromatic carbocycles. The molecule has 0 rings (SSSR count). The lowest BCUT2D eigenvalue weighted by molar-refractivity contribution is -0.142. The molecule has 5 nitrogen and oxygen atoms in total. The Morgan fingerprint density at radius 2 is 2.12 bits per heavy atom. The maximum Gasteiger partial charge on any atom is 0.326 e. The van der Waals surface area contributed by atoms with Crippen LogP contribution in [0.3, 0.4) is 0 Å². The fourth-order valence-corrected chi connectivity index (χ4v) is 1.07. The van der Waals surface area contributed by atoms with Gasteiger partial charge in [-0.3, -0.25) is 4.79 Å². The van der Waals surface area contributed by atoms with Crippen molar-refractivity contribution in [3.05, 3.63) is 12.2 Å². The Bertz CT molecular complexity index is 276. The van der Waals surface area contributed by atoms with Crippen molar-refractivity contribution in [2.75, 3.05) is 6.61 Å². The minimum atomic E-state index is -1.04. The lowest BCUT2D eigenvalue weighted by Crippen LogP contribution is -2.42. The highest BCUT2D eigenvalue weighted by Crippen LogP contribution is 1.97. The van der Waals surface area contributed by atoms with E-state index in [0.717, 1.165) is 6.42 Å². The van der Waals surface area contributed by atoms with E-state index in [-0.39, 0.29) is 19.1 Å². The first-order valence-electron chi connectivity index (χ1n) is 5.76. The van der Waals surface area contributed by atoms with Crippen molar-refractivity contribution < 1.29 is 19.4 Å². The molecule has 98 valence electrons. The van der Waals surface area contributed by atoms with Gasteiger partial charge in [0.2, 0.25) is 5.91 Å². The van der Waals surface area contributed by atoms with E-state index in [9.17, 15) is 9.59 Å². The topological polar surface area (TPSA) is 75.6 Å². The molecule has 0 spiro atoms. The molecule has 0 bridgehead atoms. The van der Waals surface area contributed by atoms with E-state index >= 15 is 0 Å². The minimum Gasteiger partial charge on any atom is -0.480 e. The number of hydrogen-bond acceptors (Lipinski definition) is 3.